The molecular weight excluding hydrogens is 407 g/mol. The second kappa shape index (κ2) is 9.87. The highest BCUT2D eigenvalue weighted by Crippen LogP contribution is 2.29. The lowest BCUT2D eigenvalue weighted by Crippen LogP contribution is -2.49. The Kier molecular flexibility index (Phi) is 7.22. The number of allylic oxidation sites excluding steroid dienone is 1. The summed E-state index contributed by atoms with van der Waals surface area (Å²) in [6.45, 7) is 5.42. The fourth-order valence-electron chi connectivity index (χ4n) is 3.32. The lowest BCUT2D eigenvalue weighted by molar-refractivity contribution is -0.137. The lowest BCUT2D eigenvalue weighted by Gasteiger charge is -2.34. The summed E-state index contributed by atoms with van der Waals surface area (Å²) < 4.78 is 43.1. The molecule has 1 fully saturated rings. The van der Waals surface area contributed by atoms with Crippen LogP contribution in [0.15, 0.2) is 54.6 Å². The van der Waals surface area contributed by atoms with Gasteiger partial charge in [-0.3, -0.25) is 4.90 Å². The van der Waals surface area contributed by atoms with Gasteiger partial charge in [-0.2, -0.15) is 13.2 Å². The van der Waals surface area contributed by atoms with Gasteiger partial charge in [0.15, 0.2) is 0 Å². The number of piperazine rings is 1. The molecule has 0 aliphatic carbocycles. The molecule has 0 radical (unpaired) electrons. The van der Waals surface area contributed by atoms with E-state index in [0.29, 0.717) is 18.8 Å². The molecular formula is C23H26F3N3O2. The SMILES string of the molecule is COc1ccc(/C(C)=C/CN2CCN(C(=O)Nc3ccc(C(F)(F)F)cc3)CC2)cc1. The number of nitrogens with zero attached hydrogens (tertiary/aromatic N) is 2. The summed E-state index contributed by atoms with van der Waals surface area (Å²) in [6, 6.07) is 12.1. The van der Waals surface area contributed by atoms with E-state index < -0.39 is 11.7 Å². The first-order chi connectivity index (χ1) is 14.8. The van der Waals surface area contributed by atoms with Crippen molar-refractivity contribution < 1.29 is 22.7 Å². The molecule has 0 spiro atoms. The van der Waals surface area contributed by atoms with Crippen molar-refractivity contribution in [2.75, 3.05) is 45.2 Å². The molecule has 166 valence electrons. The molecule has 0 saturated carbocycles. The number of nitrogens with one attached hydrogen (secondary N) is 1. The molecule has 2 amide bonds. The van der Waals surface area contributed by atoms with Crippen molar-refractivity contribution in [2.45, 2.75) is 13.1 Å². The maximum atomic E-state index is 12.6. The van der Waals surface area contributed by atoms with E-state index in [4.69, 9.17) is 4.74 Å². The minimum absolute atomic E-state index is 0.302. The number of ether oxygens (including phenoxy) is 1. The third-order valence-corrected chi connectivity index (χ3v) is 5.32. The van der Waals surface area contributed by atoms with Crippen LogP contribution >= 0.6 is 0 Å². The first kappa shape index (κ1) is 22.7. The number of anilines is 1. The van der Waals surface area contributed by atoms with Gasteiger partial charge in [-0.15, -0.1) is 0 Å². The Balaban J connectivity index is 1.46. The Bertz CT molecular complexity index is 901. The number of halogens is 3. The fraction of sp³-hybridized carbons (Fsp3) is 0.348. The average Bonchev–Trinajstić information content (AvgIpc) is 2.77. The van der Waals surface area contributed by atoms with Gasteiger partial charge in [-0.1, -0.05) is 18.2 Å². The van der Waals surface area contributed by atoms with Gasteiger partial charge in [0.05, 0.1) is 12.7 Å². The van der Waals surface area contributed by atoms with E-state index in [1.165, 1.54) is 17.7 Å². The highest BCUT2D eigenvalue weighted by atomic mass is 19.4. The molecule has 8 heteroatoms. The summed E-state index contributed by atoms with van der Waals surface area (Å²) >= 11 is 0. The monoisotopic (exact) mass is 433 g/mol. The van der Waals surface area contributed by atoms with Crippen molar-refractivity contribution in [2.24, 2.45) is 0 Å². The predicted molar refractivity (Wildman–Crippen MR) is 115 cm³/mol. The van der Waals surface area contributed by atoms with Crippen LogP contribution in [0.4, 0.5) is 23.7 Å². The Hall–Kier alpha value is -3.00. The molecule has 3 rings (SSSR count). The van der Waals surface area contributed by atoms with E-state index in [0.717, 1.165) is 43.1 Å². The van der Waals surface area contributed by atoms with E-state index in [1.807, 2.05) is 24.3 Å². The zero-order chi connectivity index (χ0) is 22.4. The summed E-state index contributed by atoms with van der Waals surface area (Å²) in [7, 11) is 1.64. The zero-order valence-electron chi connectivity index (χ0n) is 17.6. The Morgan fingerprint density at radius 1 is 1.03 bits per heavy atom. The second-order valence-electron chi connectivity index (χ2n) is 7.41. The van der Waals surface area contributed by atoms with Crippen molar-refractivity contribution in [1.82, 2.24) is 9.80 Å². The van der Waals surface area contributed by atoms with Gasteiger partial charge in [0.2, 0.25) is 0 Å². The topological polar surface area (TPSA) is 44.8 Å². The van der Waals surface area contributed by atoms with Crippen LogP contribution in [-0.4, -0.2) is 55.7 Å². The summed E-state index contributed by atoms with van der Waals surface area (Å²) in [5, 5.41) is 2.67. The predicted octanol–water partition coefficient (Wildman–Crippen LogP) is 4.97. The standard InChI is InChI=1S/C23H26F3N3O2/c1-17(18-3-9-21(31-2)10-4-18)11-12-28-13-15-29(16-14-28)22(30)27-20-7-5-19(6-8-20)23(24,25)26/h3-11H,12-16H2,1-2H3,(H,27,30)/b17-11+. The normalized spacial score (nSPS) is 15.6. The molecule has 1 aliphatic heterocycles. The van der Waals surface area contributed by atoms with Crippen LogP contribution in [-0.2, 0) is 6.18 Å². The molecule has 5 nitrogen and oxygen atoms in total. The van der Waals surface area contributed by atoms with Crippen LogP contribution in [0, 0.1) is 0 Å². The van der Waals surface area contributed by atoms with Gasteiger partial charge in [0.25, 0.3) is 0 Å². The van der Waals surface area contributed by atoms with Crippen molar-refractivity contribution in [1.29, 1.82) is 0 Å². The number of hydrogen-bond acceptors (Lipinski definition) is 3. The first-order valence-electron chi connectivity index (χ1n) is 10.0. The third-order valence-electron chi connectivity index (χ3n) is 5.32. The van der Waals surface area contributed by atoms with E-state index in [2.05, 4.69) is 23.2 Å². The second-order valence-corrected chi connectivity index (χ2v) is 7.41. The van der Waals surface area contributed by atoms with Crippen LogP contribution in [0.3, 0.4) is 0 Å². The van der Waals surface area contributed by atoms with Crippen molar-refractivity contribution >= 4 is 17.3 Å². The molecule has 2 aromatic rings. The largest absolute Gasteiger partial charge is 0.497 e. The number of rotatable bonds is 5. The highest BCUT2D eigenvalue weighted by Gasteiger charge is 2.30. The number of carbonyl (C=O) groups is 1. The number of hydrogen-bond donors (Lipinski definition) is 1. The molecule has 0 bridgehead atoms. The van der Waals surface area contributed by atoms with E-state index in [9.17, 15) is 18.0 Å². The molecule has 1 saturated heterocycles. The maximum Gasteiger partial charge on any atom is 0.416 e. The van der Waals surface area contributed by atoms with Gasteiger partial charge in [-0.25, -0.2) is 4.79 Å². The molecule has 0 unspecified atom stereocenters. The van der Waals surface area contributed by atoms with E-state index >= 15 is 0 Å². The van der Waals surface area contributed by atoms with Crippen molar-refractivity contribution in [3.63, 3.8) is 0 Å². The lowest BCUT2D eigenvalue weighted by atomic mass is 10.1. The number of urea groups is 1. The highest BCUT2D eigenvalue weighted by molar-refractivity contribution is 5.89. The van der Waals surface area contributed by atoms with Crippen LogP contribution in [0.25, 0.3) is 5.57 Å². The summed E-state index contributed by atoms with van der Waals surface area (Å²) in [5.74, 6) is 0.822. The maximum absolute atomic E-state index is 12.6. The minimum Gasteiger partial charge on any atom is -0.497 e. The number of benzene rings is 2. The number of alkyl halides is 3. The number of amides is 2. The molecule has 1 aliphatic rings. The Morgan fingerprint density at radius 3 is 2.19 bits per heavy atom. The van der Waals surface area contributed by atoms with Gasteiger partial charge >= 0.3 is 12.2 Å². The summed E-state index contributed by atoms with van der Waals surface area (Å²) in [4.78, 5) is 16.3. The number of methoxy groups -OCH3 is 1. The first-order valence-corrected chi connectivity index (χ1v) is 10.0. The van der Waals surface area contributed by atoms with Crippen LogP contribution < -0.4 is 10.1 Å². The quantitative estimate of drug-likeness (QED) is 0.724. The Morgan fingerprint density at radius 2 is 1.65 bits per heavy atom. The fourth-order valence-corrected chi connectivity index (χ4v) is 3.32. The molecule has 31 heavy (non-hydrogen) atoms. The minimum atomic E-state index is -4.39. The van der Waals surface area contributed by atoms with Crippen molar-refractivity contribution in [3.05, 3.63) is 65.7 Å². The summed E-state index contributed by atoms with van der Waals surface area (Å²) in [6.07, 6.45) is -2.22. The van der Waals surface area contributed by atoms with Gasteiger partial charge < -0.3 is 15.0 Å². The zero-order valence-corrected chi connectivity index (χ0v) is 17.6. The Labute approximate surface area is 180 Å². The third kappa shape index (κ3) is 6.24. The van der Waals surface area contributed by atoms with E-state index in [-0.39, 0.29) is 6.03 Å². The summed E-state index contributed by atoms with van der Waals surface area (Å²) in [5.41, 5.74) is 1.91. The van der Waals surface area contributed by atoms with Gasteiger partial charge in [0.1, 0.15) is 5.75 Å². The van der Waals surface area contributed by atoms with Crippen LogP contribution in [0.1, 0.15) is 18.1 Å². The molecule has 1 heterocycles. The molecule has 1 N–H and O–H groups in total. The van der Waals surface area contributed by atoms with Crippen molar-refractivity contribution in [3.8, 4) is 5.75 Å². The molecule has 0 atom stereocenters. The van der Waals surface area contributed by atoms with E-state index in [1.54, 1.807) is 12.0 Å². The van der Waals surface area contributed by atoms with Crippen LogP contribution in [0.5, 0.6) is 5.75 Å². The smallest absolute Gasteiger partial charge is 0.416 e. The van der Waals surface area contributed by atoms with Gasteiger partial charge in [0, 0.05) is 38.4 Å². The number of carbonyl (C=O) groups excluding carboxylic acids is 1. The molecule has 2 aromatic carbocycles. The van der Waals surface area contributed by atoms with Gasteiger partial charge in [-0.05, 0) is 54.5 Å². The van der Waals surface area contributed by atoms with Crippen LogP contribution in [0.2, 0.25) is 0 Å². The average molecular weight is 433 g/mol. The molecule has 0 aromatic heterocycles.